The largest absolute Gasteiger partial charge is 0.383 e. The van der Waals surface area contributed by atoms with Gasteiger partial charge in [-0.05, 0) is 6.07 Å². The molecule has 0 fully saturated rings. The smallest absolute Gasteiger partial charge is 0.274 e. The SMILES string of the molecule is O=[N+]([O-])c1cc(F)cc(NCCn2ccnc2)c1. The summed E-state index contributed by atoms with van der Waals surface area (Å²) in [5.41, 5.74) is 0.127. The van der Waals surface area contributed by atoms with Crippen LogP contribution in [0.25, 0.3) is 0 Å². The molecule has 0 aliphatic heterocycles. The van der Waals surface area contributed by atoms with Crippen LogP contribution in [0.2, 0.25) is 0 Å². The fourth-order valence-electron chi connectivity index (χ4n) is 1.53. The van der Waals surface area contributed by atoms with E-state index in [0.29, 0.717) is 18.8 Å². The fourth-order valence-corrected chi connectivity index (χ4v) is 1.53. The number of aromatic nitrogens is 2. The summed E-state index contributed by atoms with van der Waals surface area (Å²) < 4.78 is 15.0. The third-order valence-electron chi connectivity index (χ3n) is 2.35. The van der Waals surface area contributed by atoms with Crippen LogP contribution in [0.1, 0.15) is 0 Å². The lowest BCUT2D eigenvalue weighted by Gasteiger charge is -2.07. The normalized spacial score (nSPS) is 10.3. The third-order valence-corrected chi connectivity index (χ3v) is 2.35. The lowest BCUT2D eigenvalue weighted by molar-refractivity contribution is -0.385. The van der Waals surface area contributed by atoms with E-state index in [4.69, 9.17) is 0 Å². The van der Waals surface area contributed by atoms with E-state index in [0.717, 1.165) is 6.07 Å². The van der Waals surface area contributed by atoms with E-state index >= 15 is 0 Å². The minimum absolute atomic E-state index is 0.264. The predicted octanol–water partition coefficient (Wildman–Crippen LogP) is 2.04. The van der Waals surface area contributed by atoms with Crippen LogP contribution in [-0.2, 0) is 6.54 Å². The molecule has 1 heterocycles. The van der Waals surface area contributed by atoms with E-state index in [1.165, 1.54) is 12.1 Å². The number of hydrogen-bond donors (Lipinski definition) is 1. The second kappa shape index (κ2) is 5.26. The van der Waals surface area contributed by atoms with Gasteiger partial charge in [-0.25, -0.2) is 9.37 Å². The Kier molecular flexibility index (Phi) is 3.52. The number of nitro groups is 1. The molecule has 18 heavy (non-hydrogen) atoms. The van der Waals surface area contributed by atoms with Crippen molar-refractivity contribution in [1.82, 2.24) is 9.55 Å². The Bertz CT molecular complexity index is 542. The quantitative estimate of drug-likeness (QED) is 0.651. The van der Waals surface area contributed by atoms with E-state index in [9.17, 15) is 14.5 Å². The lowest BCUT2D eigenvalue weighted by Crippen LogP contribution is -2.09. The second-order valence-corrected chi connectivity index (χ2v) is 3.68. The van der Waals surface area contributed by atoms with Crippen LogP contribution in [0, 0.1) is 15.9 Å². The highest BCUT2D eigenvalue weighted by Gasteiger charge is 2.09. The van der Waals surface area contributed by atoms with E-state index in [1.54, 1.807) is 18.7 Å². The van der Waals surface area contributed by atoms with Crippen LogP contribution in [-0.4, -0.2) is 21.0 Å². The second-order valence-electron chi connectivity index (χ2n) is 3.68. The van der Waals surface area contributed by atoms with Crippen LogP contribution < -0.4 is 5.32 Å². The van der Waals surface area contributed by atoms with Gasteiger partial charge in [-0.15, -0.1) is 0 Å². The topological polar surface area (TPSA) is 73.0 Å². The van der Waals surface area contributed by atoms with Crippen molar-refractivity contribution >= 4 is 11.4 Å². The van der Waals surface area contributed by atoms with Crippen molar-refractivity contribution in [3.63, 3.8) is 0 Å². The van der Waals surface area contributed by atoms with Crippen molar-refractivity contribution in [2.45, 2.75) is 6.54 Å². The zero-order valence-electron chi connectivity index (χ0n) is 9.41. The molecule has 0 bridgehead atoms. The van der Waals surface area contributed by atoms with Gasteiger partial charge in [-0.3, -0.25) is 10.1 Å². The zero-order chi connectivity index (χ0) is 13.0. The molecule has 0 atom stereocenters. The van der Waals surface area contributed by atoms with Crippen molar-refractivity contribution in [2.75, 3.05) is 11.9 Å². The van der Waals surface area contributed by atoms with Gasteiger partial charge in [0.15, 0.2) is 0 Å². The van der Waals surface area contributed by atoms with Gasteiger partial charge < -0.3 is 9.88 Å². The molecule has 1 N–H and O–H groups in total. The first-order valence-corrected chi connectivity index (χ1v) is 5.30. The molecule has 2 rings (SSSR count). The number of nitro benzene ring substituents is 1. The van der Waals surface area contributed by atoms with Gasteiger partial charge in [-0.2, -0.15) is 0 Å². The Morgan fingerprint density at radius 1 is 1.44 bits per heavy atom. The Morgan fingerprint density at radius 2 is 2.28 bits per heavy atom. The number of non-ortho nitro benzene ring substituents is 1. The highest BCUT2D eigenvalue weighted by atomic mass is 19.1. The van der Waals surface area contributed by atoms with Gasteiger partial charge in [0.2, 0.25) is 0 Å². The maximum absolute atomic E-state index is 13.1. The van der Waals surface area contributed by atoms with E-state index in [1.807, 2.05) is 4.57 Å². The first-order chi connectivity index (χ1) is 8.65. The van der Waals surface area contributed by atoms with Crippen LogP contribution in [0.5, 0.6) is 0 Å². The molecular weight excluding hydrogens is 239 g/mol. The number of benzene rings is 1. The monoisotopic (exact) mass is 250 g/mol. The average molecular weight is 250 g/mol. The van der Waals surface area contributed by atoms with E-state index in [2.05, 4.69) is 10.3 Å². The molecule has 1 aromatic heterocycles. The minimum Gasteiger partial charge on any atom is -0.383 e. The van der Waals surface area contributed by atoms with E-state index in [-0.39, 0.29) is 5.69 Å². The molecule has 0 saturated carbocycles. The first-order valence-electron chi connectivity index (χ1n) is 5.30. The summed E-state index contributed by atoms with van der Waals surface area (Å²) in [5, 5.41) is 13.5. The Balaban J connectivity index is 1.98. The molecule has 7 heteroatoms. The molecule has 94 valence electrons. The molecular formula is C11H11FN4O2. The summed E-state index contributed by atoms with van der Waals surface area (Å²) in [7, 11) is 0. The maximum atomic E-state index is 13.1. The van der Waals surface area contributed by atoms with Gasteiger partial charge in [0.1, 0.15) is 5.82 Å². The summed E-state index contributed by atoms with van der Waals surface area (Å²) in [6, 6.07) is 3.42. The molecule has 0 aliphatic rings. The summed E-state index contributed by atoms with van der Waals surface area (Å²) in [4.78, 5) is 13.8. The Hall–Kier alpha value is -2.44. The molecule has 1 aromatic carbocycles. The standard InChI is InChI=1S/C11H11FN4O2/c12-9-5-10(7-11(6-9)16(17)18)14-2-4-15-3-1-13-8-15/h1,3,5-8,14H,2,4H2. The summed E-state index contributed by atoms with van der Waals surface area (Å²) >= 11 is 0. The van der Waals surface area contributed by atoms with Crippen molar-refractivity contribution < 1.29 is 9.31 Å². The molecule has 6 nitrogen and oxygen atoms in total. The number of rotatable bonds is 5. The number of nitrogens with zero attached hydrogens (tertiary/aromatic N) is 3. The third kappa shape index (κ3) is 3.03. The van der Waals surface area contributed by atoms with Gasteiger partial charge in [0.25, 0.3) is 5.69 Å². The highest BCUT2D eigenvalue weighted by molar-refractivity contribution is 5.51. The molecule has 0 aliphatic carbocycles. The fraction of sp³-hybridized carbons (Fsp3) is 0.182. The molecule has 0 saturated heterocycles. The van der Waals surface area contributed by atoms with Gasteiger partial charge >= 0.3 is 0 Å². The summed E-state index contributed by atoms with van der Waals surface area (Å²) in [6.45, 7) is 1.17. The molecule has 0 amide bonds. The van der Waals surface area contributed by atoms with Crippen molar-refractivity contribution in [2.24, 2.45) is 0 Å². The van der Waals surface area contributed by atoms with Crippen LogP contribution in [0.15, 0.2) is 36.9 Å². The van der Waals surface area contributed by atoms with Crippen molar-refractivity contribution in [3.8, 4) is 0 Å². The number of hydrogen-bond acceptors (Lipinski definition) is 4. The van der Waals surface area contributed by atoms with E-state index < -0.39 is 10.7 Å². The van der Waals surface area contributed by atoms with Gasteiger partial charge in [-0.1, -0.05) is 0 Å². The minimum atomic E-state index is -0.630. The van der Waals surface area contributed by atoms with Gasteiger partial charge in [0.05, 0.1) is 17.3 Å². The zero-order valence-corrected chi connectivity index (χ0v) is 9.41. The van der Waals surface area contributed by atoms with Crippen LogP contribution in [0.4, 0.5) is 15.8 Å². The lowest BCUT2D eigenvalue weighted by atomic mass is 10.2. The molecule has 0 spiro atoms. The van der Waals surface area contributed by atoms with Crippen molar-refractivity contribution in [1.29, 1.82) is 0 Å². The molecule has 0 radical (unpaired) electrons. The Labute approximate surface area is 102 Å². The van der Waals surface area contributed by atoms with Crippen molar-refractivity contribution in [3.05, 3.63) is 52.9 Å². The molecule has 2 aromatic rings. The predicted molar refractivity (Wildman–Crippen MR) is 63.8 cm³/mol. The summed E-state index contributed by atoms with van der Waals surface area (Å²) in [5.74, 6) is -0.630. The number of anilines is 1. The number of halogens is 1. The highest BCUT2D eigenvalue weighted by Crippen LogP contribution is 2.19. The van der Waals surface area contributed by atoms with Gasteiger partial charge in [0, 0.05) is 37.2 Å². The average Bonchev–Trinajstić information content (AvgIpc) is 2.81. The number of imidazole rings is 1. The Morgan fingerprint density at radius 3 is 2.94 bits per heavy atom. The maximum Gasteiger partial charge on any atom is 0.274 e. The molecule has 0 unspecified atom stereocenters. The van der Waals surface area contributed by atoms with Crippen LogP contribution >= 0.6 is 0 Å². The first kappa shape index (κ1) is 12.0. The van der Waals surface area contributed by atoms with Crippen LogP contribution in [0.3, 0.4) is 0 Å². The summed E-state index contributed by atoms with van der Waals surface area (Å²) in [6.07, 6.45) is 5.12. The number of nitrogens with one attached hydrogen (secondary N) is 1.